The van der Waals surface area contributed by atoms with Gasteiger partial charge in [0, 0.05) is 30.6 Å². The number of rotatable bonds is 7. The summed E-state index contributed by atoms with van der Waals surface area (Å²) in [6.45, 7) is 11.8. The number of hydrogen-bond donors (Lipinski definition) is 2. The zero-order valence-corrected chi connectivity index (χ0v) is 21.1. The first-order chi connectivity index (χ1) is 15.7. The van der Waals surface area contributed by atoms with Gasteiger partial charge in [-0.05, 0) is 87.0 Å². The monoisotopic (exact) mass is 458 g/mol. The predicted octanol–water partition coefficient (Wildman–Crippen LogP) is 4.12. The largest absolute Gasteiger partial charge is 0.497 e. The van der Waals surface area contributed by atoms with Crippen LogP contribution in [-0.2, 0) is 4.79 Å². The van der Waals surface area contributed by atoms with Crippen molar-refractivity contribution in [2.45, 2.75) is 72.4 Å². The highest BCUT2D eigenvalue weighted by Crippen LogP contribution is 2.55. The molecule has 0 heterocycles. The number of aliphatic hydroxyl groups excluding tert-OH is 1. The van der Waals surface area contributed by atoms with Gasteiger partial charge in [0.15, 0.2) is 0 Å². The number of ether oxygens (including phenoxy) is 1. The van der Waals surface area contributed by atoms with Crippen LogP contribution in [0.25, 0.3) is 0 Å². The van der Waals surface area contributed by atoms with Gasteiger partial charge in [-0.1, -0.05) is 20.8 Å². The summed E-state index contributed by atoms with van der Waals surface area (Å²) in [5, 5.41) is 14.8. The lowest BCUT2D eigenvalue weighted by molar-refractivity contribution is -0.149. The van der Waals surface area contributed by atoms with E-state index >= 15 is 0 Å². The van der Waals surface area contributed by atoms with Crippen molar-refractivity contribution in [1.82, 2.24) is 10.2 Å². The molecule has 2 N–H and O–H groups in total. The molecule has 2 saturated carbocycles. The molecule has 1 aromatic carbocycles. The van der Waals surface area contributed by atoms with Crippen LogP contribution in [0.15, 0.2) is 24.3 Å². The fourth-order valence-corrected chi connectivity index (χ4v) is 6.50. The number of carbonyl (C=O) groups excluding carboxylic acids is 2. The number of benzene rings is 1. The zero-order chi connectivity index (χ0) is 24.3. The summed E-state index contributed by atoms with van der Waals surface area (Å²) < 4.78 is 5.19. The van der Waals surface area contributed by atoms with Crippen molar-refractivity contribution in [1.29, 1.82) is 0 Å². The van der Waals surface area contributed by atoms with Crippen LogP contribution in [0.1, 0.15) is 70.7 Å². The maximum atomic E-state index is 13.0. The van der Waals surface area contributed by atoms with Crippen LogP contribution >= 0.6 is 0 Å². The van der Waals surface area contributed by atoms with Gasteiger partial charge < -0.3 is 20.1 Å². The van der Waals surface area contributed by atoms with Gasteiger partial charge in [-0.25, -0.2) is 0 Å². The van der Waals surface area contributed by atoms with E-state index in [-0.39, 0.29) is 46.9 Å². The fraction of sp³-hybridized carbons (Fsp3) is 0.704. The van der Waals surface area contributed by atoms with Crippen molar-refractivity contribution in [3.8, 4) is 5.75 Å². The van der Waals surface area contributed by atoms with Gasteiger partial charge in [-0.2, -0.15) is 0 Å². The Morgan fingerprint density at radius 1 is 1.18 bits per heavy atom. The maximum absolute atomic E-state index is 13.0. The van der Waals surface area contributed by atoms with E-state index in [1.807, 2.05) is 25.7 Å². The minimum absolute atomic E-state index is 0.000124. The Morgan fingerprint density at radius 2 is 1.79 bits per heavy atom. The molecule has 2 fully saturated rings. The van der Waals surface area contributed by atoms with Crippen LogP contribution in [0.2, 0.25) is 0 Å². The number of nitrogens with one attached hydrogen (secondary N) is 1. The van der Waals surface area contributed by atoms with E-state index in [9.17, 15) is 14.7 Å². The van der Waals surface area contributed by atoms with Crippen LogP contribution in [0.5, 0.6) is 5.75 Å². The van der Waals surface area contributed by atoms with Gasteiger partial charge >= 0.3 is 0 Å². The molecule has 3 rings (SSSR count). The number of amides is 2. The molecule has 184 valence electrons. The average Bonchev–Trinajstić information content (AvgIpc) is 2.81. The molecule has 7 atom stereocenters. The highest BCUT2D eigenvalue weighted by atomic mass is 16.5. The molecule has 33 heavy (non-hydrogen) atoms. The Hall–Kier alpha value is -2.08. The van der Waals surface area contributed by atoms with Gasteiger partial charge in [0.1, 0.15) is 5.75 Å². The van der Waals surface area contributed by atoms with Crippen LogP contribution in [-0.4, -0.2) is 54.2 Å². The van der Waals surface area contributed by atoms with Gasteiger partial charge in [0.25, 0.3) is 5.91 Å². The number of carbonyl (C=O) groups is 2. The van der Waals surface area contributed by atoms with Crippen molar-refractivity contribution < 1.29 is 19.4 Å². The third-order valence-corrected chi connectivity index (χ3v) is 8.66. The summed E-state index contributed by atoms with van der Waals surface area (Å²) in [4.78, 5) is 27.8. The molecule has 0 unspecified atom stereocenters. The van der Waals surface area contributed by atoms with E-state index in [1.165, 1.54) is 0 Å². The lowest BCUT2D eigenvalue weighted by atomic mass is 9.51. The van der Waals surface area contributed by atoms with Crippen molar-refractivity contribution in [3.05, 3.63) is 29.8 Å². The number of fused-ring (bicyclic) bond motifs is 1. The number of nitrogens with zero attached hydrogens (tertiary/aromatic N) is 1. The summed E-state index contributed by atoms with van der Waals surface area (Å²) in [5.41, 5.74) is 0.645. The predicted molar refractivity (Wildman–Crippen MR) is 130 cm³/mol. The van der Waals surface area contributed by atoms with E-state index in [0.717, 1.165) is 31.4 Å². The van der Waals surface area contributed by atoms with Gasteiger partial charge in [0.05, 0.1) is 13.2 Å². The molecule has 0 radical (unpaired) electrons. The van der Waals surface area contributed by atoms with E-state index in [0.29, 0.717) is 18.7 Å². The van der Waals surface area contributed by atoms with Gasteiger partial charge in [-0.15, -0.1) is 0 Å². The lowest BCUT2D eigenvalue weighted by Crippen LogP contribution is -2.58. The first kappa shape index (κ1) is 25.5. The molecule has 2 amide bonds. The number of methoxy groups -OCH3 is 1. The summed E-state index contributed by atoms with van der Waals surface area (Å²) >= 11 is 0. The molecule has 1 aromatic rings. The number of aliphatic hydroxyl groups is 1. The fourth-order valence-electron chi connectivity index (χ4n) is 6.50. The normalized spacial score (nSPS) is 32.4. The quantitative estimate of drug-likeness (QED) is 0.644. The first-order valence-corrected chi connectivity index (χ1v) is 12.6. The first-order valence-electron chi connectivity index (χ1n) is 12.6. The molecule has 0 saturated heterocycles. The second-order valence-electron chi connectivity index (χ2n) is 10.4. The van der Waals surface area contributed by atoms with E-state index in [4.69, 9.17) is 4.74 Å². The van der Waals surface area contributed by atoms with Crippen molar-refractivity contribution >= 4 is 11.8 Å². The van der Waals surface area contributed by atoms with Crippen molar-refractivity contribution in [2.24, 2.45) is 29.1 Å². The average molecular weight is 459 g/mol. The van der Waals surface area contributed by atoms with E-state index < -0.39 is 6.10 Å². The topological polar surface area (TPSA) is 78.9 Å². The molecule has 2 aliphatic rings. The standard InChI is InChI=1S/C27H42N2O4/c1-7-29(8-2)26(32)17(3)21-13-15-27(5)16-14-22(18(4)23(27)24(21)30)28-25(31)19-9-11-20(33-6)12-10-19/h9-12,17-18,21-24,30H,7-8,13-16H2,1-6H3,(H,28,31)/t17-,18+,21-,22-,23+,24-,27+/m0/s1. The highest BCUT2D eigenvalue weighted by molar-refractivity contribution is 5.94. The van der Waals surface area contributed by atoms with Crippen LogP contribution in [0.4, 0.5) is 0 Å². The third kappa shape index (κ3) is 5.06. The summed E-state index contributed by atoms with van der Waals surface area (Å²) in [7, 11) is 1.61. The second kappa shape index (κ2) is 10.5. The van der Waals surface area contributed by atoms with Gasteiger partial charge in [0.2, 0.25) is 5.91 Å². The van der Waals surface area contributed by atoms with Crippen molar-refractivity contribution in [2.75, 3.05) is 20.2 Å². The van der Waals surface area contributed by atoms with Crippen LogP contribution in [0.3, 0.4) is 0 Å². The molecule has 6 nitrogen and oxygen atoms in total. The Kier molecular flexibility index (Phi) is 8.09. The lowest BCUT2D eigenvalue weighted by Gasteiger charge is -2.56. The highest BCUT2D eigenvalue weighted by Gasteiger charge is 2.54. The summed E-state index contributed by atoms with van der Waals surface area (Å²) in [6, 6.07) is 7.13. The second-order valence-corrected chi connectivity index (χ2v) is 10.4. The minimum Gasteiger partial charge on any atom is -0.497 e. The van der Waals surface area contributed by atoms with E-state index in [2.05, 4.69) is 19.2 Å². The van der Waals surface area contributed by atoms with Gasteiger partial charge in [-0.3, -0.25) is 9.59 Å². The Labute approximate surface area is 199 Å². The van der Waals surface area contributed by atoms with Crippen LogP contribution < -0.4 is 10.1 Å². The summed E-state index contributed by atoms with van der Waals surface area (Å²) in [6.07, 6.45) is 3.21. The molecule has 0 bridgehead atoms. The molecule has 0 aliphatic heterocycles. The van der Waals surface area contributed by atoms with E-state index in [1.54, 1.807) is 31.4 Å². The molecule has 2 aliphatic carbocycles. The molecule has 0 spiro atoms. The SMILES string of the molecule is CCN(CC)C(=O)[C@@H](C)[C@@H]1CC[C@]2(C)CC[C@H](NC(=O)c3ccc(OC)cc3)[C@@H](C)[C@@H]2[C@H]1O. The third-order valence-electron chi connectivity index (χ3n) is 8.66. The Morgan fingerprint density at radius 3 is 2.36 bits per heavy atom. The van der Waals surface area contributed by atoms with Crippen molar-refractivity contribution in [3.63, 3.8) is 0 Å². The molecular formula is C27H42N2O4. The molecular weight excluding hydrogens is 416 g/mol. The minimum atomic E-state index is -0.547. The maximum Gasteiger partial charge on any atom is 0.251 e. The van der Waals surface area contributed by atoms with Crippen LogP contribution in [0, 0.1) is 29.1 Å². The Bertz CT molecular complexity index is 822. The Balaban J connectivity index is 1.74. The smallest absolute Gasteiger partial charge is 0.251 e. The number of hydrogen-bond acceptors (Lipinski definition) is 4. The molecule has 0 aromatic heterocycles. The summed E-state index contributed by atoms with van der Waals surface area (Å²) in [5.74, 6) is 0.696. The molecule has 6 heteroatoms. The zero-order valence-electron chi connectivity index (χ0n) is 21.1.